The molecule has 3 nitrogen and oxygen atoms in total. The van der Waals surface area contributed by atoms with Crippen LogP contribution in [0.4, 0.5) is 13.2 Å². The van der Waals surface area contributed by atoms with Crippen LogP contribution in [0.2, 0.25) is 0 Å². The highest BCUT2D eigenvalue weighted by atomic mass is 19.4. The number of hydrogen-bond acceptors (Lipinski definition) is 3. The molecule has 0 heterocycles. The molecule has 0 saturated carbocycles. The molecule has 6 heteroatoms. The van der Waals surface area contributed by atoms with Crippen LogP contribution in [0.1, 0.15) is 24.0 Å². The molecule has 2 rings (SSSR count). The van der Waals surface area contributed by atoms with E-state index in [2.05, 4.69) is 0 Å². The van der Waals surface area contributed by atoms with Gasteiger partial charge in [0.1, 0.15) is 11.5 Å². The summed E-state index contributed by atoms with van der Waals surface area (Å²) in [5.74, 6) is 1.19. The van der Waals surface area contributed by atoms with Crippen molar-refractivity contribution in [3.05, 3.63) is 59.7 Å². The van der Waals surface area contributed by atoms with Crippen molar-refractivity contribution in [2.75, 3.05) is 19.8 Å². The third kappa shape index (κ3) is 7.47. The lowest BCUT2D eigenvalue weighted by atomic mass is 10.0. The van der Waals surface area contributed by atoms with Gasteiger partial charge in [-0.3, -0.25) is 0 Å². The van der Waals surface area contributed by atoms with Gasteiger partial charge in [0.15, 0.2) is 0 Å². The first-order valence-electron chi connectivity index (χ1n) is 8.07. The van der Waals surface area contributed by atoms with Gasteiger partial charge >= 0.3 is 6.18 Å². The van der Waals surface area contributed by atoms with E-state index in [4.69, 9.17) is 14.6 Å². The fourth-order valence-electron chi connectivity index (χ4n) is 2.18. The summed E-state index contributed by atoms with van der Waals surface area (Å²) >= 11 is 0. The van der Waals surface area contributed by atoms with Crippen LogP contribution in [0.15, 0.2) is 48.5 Å². The summed E-state index contributed by atoms with van der Waals surface area (Å²) in [7, 11) is 0. The minimum atomic E-state index is -4.20. The molecule has 0 aromatic heterocycles. The minimum Gasteiger partial charge on any atom is -0.494 e. The van der Waals surface area contributed by atoms with Gasteiger partial charge in [0.2, 0.25) is 0 Å². The number of hydrogen-bond donors (Lipinski definition) is 1. The number of ether oxygens (including phenoxy) is 2. The number of aliphatic hydroxyl groups is 1. The maximum absolute atomic E-state index is 12.1. The maximum Gasteiger partial charge on any atom is 0.392 e. The molecule has 0 spiro atoms. The van der Waals surface area contributed by atoms with Gasteiger partial charge in [-0.15, -0.1) is 0 Å². The fraction of sp³-hybridized carbons (Fsp3) is 0.368. The van der Waals surface area contributed by atoms with Crippen LogP contribution in [0.25, 0.3) is 0 Å². The van der Waals surface area contributed by atoms with Gasteiger partial charge in [0.25, 0.3) is 0 Å². The standard InChI is InChI=1S/C19H21F3O3/c20-19(21,22)10-13-25-18-8-4-16(5-9-18)14-15-2-6-17(7-3-15)24-12-1-11-23/h2-9,23H,1,10-14H2. The molecule has 0 aliphatic rings. The Balaban J connectivity index is 1.82. The van der Waals surface area contributed by atoms with Crippen molar-refractivity contribution in [3.63, 3.8) is 0 Å². The predicted molar refractivity (Wildman–Crippen MR) is 89.1 cm³/mol. The lowest BCUT2D eigenvalue weighted by molar-refractivity contribution is -0.139. The summed E-state index contributed by atoms with van der Waals surface area (Å²) in [6.45, 7) is 0.209. The summed E-state index contributed by atoms with van der Waals surface area (Å²) in [5, 5.41) is 8.72. The number of halogens is 3. The van der Waals surface area contributed by atoms with Crippen molar-refractivity contribution < 1.29 is 27.8 Å². The van der Waals surface area contributed by atoms with Crippen LogP contribution in [0.3, 0.4) is 0 Å². The van der Waals surface area contributed by atoms with Crippen LogP contribution < -0.4 is 9.47 Å². The largest absolute Gasteiger partial charge is 0.494 e. The molecule has 0 amide bonds. The van der Waals surface area contributed by atoms with Gasteiger partial charge < -0.3 is 14.6 Å². The Bertz CT molecular complexity index is 622. The summed E-state index contributed by atoms with van der Waals surface area (Å²) < 4.78 is 46.8. The Labute approximate surface area is 145 Å². The van der Waals surface area contributed by atoms with E-state index in [0.717, 1.165) is 16.9 Å². The second-order valence-corrected chi connectivity index (χ2v) is 5.60. The Morgan fingerprint density at radius 1 is 0.760 bits per heavy atom. The van der Waals surface area contributed by atoms with Gasteiger partial charge in [-0.1, -0.05) is 24.3 Å². The second-order valence-electron chi connectivity index (χ2n) is 5.60. The van der Waals surface area contributed by atoms with Gasteiger partial charge in [-0.2, -0.15) is 13.2 Å². The highest BCUT2D eigenvalue weighted by molar-refractivity contribution is 5.34. The summed E-state index contributed by atoms with van der Waals surface area (Å²) in [6.07, 6.45) is -3.85. The molecule has 0 bridgehead atoms. The zero-order valence-corrected chi connectivity index (χ0v) is 13.8. The molecule has 0 atom stereocenters. The SMILES string of the molecule is OCCCOc1ccc(Cc2ccc(OCCC(F)(F)F)cc2)cc1. The van der Waals surface area contributed by atoms with Crippen LogP contribution >= 0.6 is 0 Å². The van der Waals surface area contributed by atoms with Crippen molar-refractivity contribution >= 4 is 0 Å². The van der Waals surface area contributed by atoms with Crippen LogP contribution in [-0.4, -0.2) is 31.1 Å². The number of benzene rings is 2. The van der Waals surface area contributed by atoms with E-state index in [1.807, 2.05) is 36.4 Å². The molecule has 136 valence electrons. The molecular formula is C19H21F3O3. The zero-order valence-electron chi connectivity index (χ0n) is 13.8. The molecule has 0 unspecified atom stereocenters. The molecule has 0 fully saturated rings. The number of rotatable bonds is 9. The monoisotopic (exact) mass is 354 g/mol. The average Bonchev–Trinajstić information content (AvgIpc) is 2.57. The van der Waals surface area contributed by atoms with Crippen molar-refractivity contribution in [2.24, 2.45) is 0 Å². The summed E-state index contributed by atoms with van der Waals surface area (Å²) in [6, 6.07) is 14.7. The van der Waals surface area contributed by atoms with E-state index in [9.17, 15) is 13.2 Å². The van der Waals surface area contributed by atoms with E-state index in [1.165, 1.54) is 0 Å². The van der Waals surface area contributed by atoms with Crippen LogP contribution in [-0.2, 0) is 6.42 Å². The summed E-state index contributed by atoms with van der Waals surface area (Å²) in [4.78, 5) is 0. The smallest absolute Gasteiger partial charge is 0.392 e. The van der Waals surface area contributed by atoms with Crippen molar-refractivity contribution in [2.45, 2.75) is 25.4 Å². The first kappa shape index (κ1) is 19.1. The van der Waals surface area contributed by atoms with Gasteiger partial charge in [0, 0.05) is 13.0 Å². The number of aliphatic hydroxyl groups excluding tert-OH is 1. The second kappa shape index (κ2) is 9.32. The first-order valence-corrected chi connectivity index (χ1v) is 8.07. The maximum atomic E-state index is 12.1. The lowest BCUT2D eigenvalue weighted by Crippen LogP contribution is -2.12. The molecule has 2 aromatic rings. The van der Waals surface area contributed by atoms with E-state index < -0.39 is 12.6 Å². The van der Waals surface area contributed by atoms with Crippen LogP contribution in [0, 0.1) is 0 Å². The Hall–Kier alpha value is -2.21. The molecule has 25 heavy (non-hydrogen) atoms. The van der Waals surface area contributed by atoms with Gasteiger partial charge in [-0.25, -0.2) is 0 Å². The van der Waals surface area contributed by atoms with Crippen molar-refractivity contribution in [1.29, 1.82) is 0 Å². The molecule has 1 N–H and O–H groups in total. The van der Waals surface area contributed by atoms with Gasteiger partial charge in [-0.05, 0) is 41.8 Å². The van der Waals surface area contributed by atoms with E-state index >= 15 is 0 Å². The fourth-order valence-corrected chi connectivity index (χ4v) is 2.18. The average molecular weight is 354 g/mol. The lowest BCUT2D eigenvalue weighted by Gasteiger charge is -2.09. The minimum absolute atomic E-state index is 0.105. The molecular weight excluding hydrogens is 333 g/mol. The number of alkyl halides is 3. The molecule has 0 aliphatic carbocycles. The summed E-state index contributed by atoms with van der Waals surface area (Å²) in [5.41, 5.74) is 2.14. The quantitative estimate of drug-likeness (QED) is 0.680. The zero-order chi connectivity index (χ0) is 18.1. The Kier molecular flexibility index (Phi) is 7.13. The molecule has 0 aliphatic heterocycles. The van der Waals surface area contributed by atoms with E-state index in [-0.39, 0.29) is 13.2 Å². The first-order chi connectivity index (χ1) is 12.0. The van der Waals surface area contributed by atoms with Gasteiger partial charge in [0.05, 0.1) is 19.6 Å². The highest BCUT2D eigenvalue weighted by Crippen LogP contribution is 2.21. The van der Waals surface area contributed by atoms with E-state index in [1.54, 1.807) is 12.1 Å². The van der Waals surface area contributed by atoms with Crippen molar-refractivity contribution in [1.82, 2.24) is 0 Å². The third-order valence-electron chi connectivity index (χ3n) is 3.48. The third-order valence-corrected chi connectivity index (χ3v) is 3.48. The Morgan fingerprint density at radius 3 is 1.68 bits per heavy atom. The highest BCUT2D eigenvalue weighted by Gasteiger charge is 2.26. The molecule has 2 aromatic carbocycles. The molecule has 0 radical (unpaired) electrons. The Morgan fingerprint density at radius 2 is 1.24 bits per heavy atom. The predicted octanol–water partition coefficient (Wildman–Crippen LogP) is 4.37. The normalized spacial score (nSPS) is 11.4. The van der Waals surface area contributed by atoms with E-state index in [0.29, 0.717) is 25.2 Å². The topological polar surface area (TPSA) is 38.7 Å². The van der Waals surface area contributed by atoms with Crippen LogP contribution in [0.5, 0.6) is 11.5 Å². The van der Waals surface area contributed by atoms with Crippen molar-refractivity contribution in [3.8, 4) is 11.5 Å². The molecule has 0 saturated heterocycles.